The van der Waals surface area contributed by atoms with Gasteiger partial charge in [-0.2, -0.15) is 0 Å². The Morgan fingerprint density at radius 2 is 0.630 bits per heavy atom. The molecule has 0 spiro atoms. The van der Waals surface area contributed by atoms with Crippen LogP contribution in [0.3, 0.4) is 0 Å². The minimum Gasteiger partial charge on any atom is -0.208 e. The second-order valence-electron chi connectivity index (χ2n) is 13.9. The van der Waals surface area contributed by atoms with E-state index in [1.807, 2.05) is 0 Å². The molecule has 0 amide bonds. The fourth-order valence-corrected chi connectivity index (χ4v) is 8.39. The highest BCUT2D eigenvalue weighted by Gasteiger charge is 2.18. The van der Waals surface area contributed by atoms with Gasteiger partial charge in [0.1, 0.15) is 0 Å². The van der Waals surface area contributed by atoms with Gasteiger partial charge in [0.05, 0.1) is 0 Å². The SMILES string of the molecule is c1ccc2c(-c3nc(-c4ccc(-c5cc6c7ccccc7c7ccccc7c6c6ccccc56)cc4)nc(-c4cccc5ccccc45)n3)cccc2c1. The minimum atomic E-state index is 0.642. The van der Waals surface area contributed by atoms with E-state index in [0.717, 1.165) is 43.8 Å². The van der Waals surface area contributed by atoms with Crippen LogP contribution in [-0.2, 0) is 0 Å². The Morgan fingerprint density at radius 3 is 1.20 bits per heavy atom. The van der Waals surface area contributed by atoms with E-state index in [9.17, 15) is 0 Å². The lowest BCUT2D eigenvalue weighted by Crippen LogP contribution is -2.01. The van der Waals surface area contributed by atoms with Crippen molar-refractivity contribution in [3.05, 3.63) is 188 Å². The number of nitrogens with zero attached hydrogens (tertiary/aromatic N) is 3. The first-order valence-corrected chi connectivity index (χ1v) is 18.4. The normalized spacial score (nSPS) is 11.7. The average Bonchev–Trinajstić information content (AvgIpc) is 3.25. The summed E-state index contributed by atoms with van der Waals surface area (Å²) in [5.41, 5.74) is 5.25. The molecule has 0 N–H and O–H groups in total. The van der Waals surface area contributed by atoms with Crippen molar-refractivity contribution in [1.82, 2.24) is 15.0 Å². The van der Waals surface area contributed by atoms with E-state index in [1.165, 1.54) is 48.7 Å². The molecule has 0 aliphatic heterocycles. The summed E-state index contributed by atoms with van der Waals surface area (Å²) in [6.07, 6.45) is 0. The van der Waals surface area contributed by atoms with E-state index < -0.39 is 0 Å². The maximum atomic E-state index is 5.16. The van der Waals surface area contributed by atoms with Crippen molar-refractivity contribution in [2.24, 2.45) is 0 Å². The molecular formula is C51H31N3. The van der Waals surface area contributed by atoms with Gasteiger partial charge in [0.2, 0.25) is 0 Å². The van der Waals surface area contributed by atoms with Gasteiger partial charge in [-0.05, 0) is 81.8 Å². The minimum absolute atomic E-state index is 0.642. The van der Waals surface area contributed by atoms with E-state index >= 15 is 0 Å². The smallest absolute Gasteiger partial charge is 0.164 e. The lowest BCUT2D eigenvalue weighted by molar-refractivity contribution is 1.08. The molecule has 0 aliphatic carbocycles. The van der Waals surface area contributed by atoms with Crippen molar-refractivity contribution >= 4 is 64.6 Å². The molecular weight excluding hydrogens is 655 g/mol. The number of rotatable bonds is 4. The monoisotopic (exact) mass is 685 g/mol. The lowest BCUT2D eigenvalue weighted by atomic mass is 9.87. The summed E-state index contributed by atoms with van der Waals surface area (Å²) < 4.78 is 0. The third kappa shape index (κ3) is 4.79. The van der Waals surface area contributed by atoms with Crippen LogP contribution in [0.2, 0.25) is 0 Å². The second-order valence-corrected chi connectivity index (χ2v) is 13.9. The molecule has 11 aromatic rings. The van der Waals surface area contributed by atoms with Crippen LogP contribution in [0.5, 0.6) is 0 Å². The van der Waals surface area contributed by atoms with E-state index in [1.54, 1.807) is 0 Å². The zero-order chi connectivity index (χ0) is 35.6. The Morgan fingerprint density at radius 1 is 0.241 bits per heavy atom. The zero-order valence-electron chi connectivity index (χ0n) is 29.2. The van der Waals surface area contributed by atoms with E-state index in [0.29, 0.717) is 17.5 Å². The number of fused-ring (bicyclic) bond motifs is 10. The Kier molecular flexibility index (Phi) is 6.86. The fourth-order valence-electron chi connectivity index (χ4n) is 8.39. The standard InChI is InChI=1S/C51H31N3/c1-3-17-36-32(13-1)15-11-25-44(36)50-52-49(53-51(54-50)45-26-12-16-33-14-2-4-18-37(33)45)35-29-27-34(28-30-35)46-31-47-40-21-6-5-19-38(40)39-20-7-9-23-42(39)48(47)43-24-10-8-22-41(43)46/h1-31H. The van der Waals surface area contributed by atoms with Gasteiger partial charge < -0.3 is 0 Å². The largest absolute Gasteiger partial charge is 0.208 e. The summed E-state index contributed by atoms with van der Waals surface area (Å²) in [7, 11) is 0. The summed E-state index contributed by atoms with van der Waals surface area (Å²) in [4.78, 5) is 15.5. The van der Waals surface area contributed by atoms with Gasteiger partial charge in [-0.1, -0.05) is 182 Å². The topological polar surface area (TPSA) is 38.7 Å². The number of aromatic nitrogens is 3. The van der Waals surface area contributed by atoms with Crippen molar-refractivity contribution in [3.8, 4) is 45.3 Å². The summed E-state index contributed by atoms with van der Waals surface area (Å²) in [6, 6.07) is 67.0. The molecule has 0 atom stereocenters. The molecule has 0 saturated heterocycles. The quantitative estimate of drug-likeness (QED) is 0.173. The van der Waals surface area contributed by atoms with Gasteiger partial charge in [0.15, 0.2) is 17.5 Å². The van der Waals surface area contributed by atoms with Crippen LogP contribution in [-0.4, -0.2) is 15.0 Å². The predicted octanol–water partition coefficient (Wildman–Crippen LogP) is 13.5. The Balaban J connectivity index is 1.11. The molecule has 3 nitrogen and oxygen atoms in total. The van der Waals surface area contributed by atoms with Crippen LogP contribution >= 0.6 is 0 Å². The van der Waals surface area contributed by atoms with Crippen molar-refractivity contribution in [2.75, 3.05) is 0 Å². The van der Waals surface area contributed by atoms with Crippen LogP contribution in [0.1, 0.15) is 0 Å². The molecule has 0 aliphatic rings. The second kappa shape index (κ2) is 12.2. The van der Waals surface area contributed by atoms with Crippen LogP contribution < -0.4 is 0 Å². The third-order valence-corrected chi connectivity index (χ3v) is 10.9. The summed E-state index contributed by atoms with van der Waals surface area (Å²) in [6.45, 7) is 0. The first kappa shape index (κ1) is 30.4. The van der Waals surface area contributed by atoms with Crippen LogP contribution in [0.4, 0.5) is 0 Å². The van der Waals surface area contributed by atoms with Gasteiger partial charge in [-0.15, -0.1) is 0 Å². The van der Waals surface area contributed by atoms with Crippen LogP contribution in [0, 0.1) is 0 Å². The molecule has 54 heavy (non-hydrogen) atoms. The summed E-state index contributed by atoms with van der Waals surface area (Å²) in [5, 5.41) is 14.7. The highest BCUT2D eigenvalue weighted by Crippen LogP contribution is 2.43. The maximum absolute atomic E-state index is 5.16. The molecule has 1 heterocycles. The lowest BCUT2D eigenvalue weighted by Gasteiger charge is -2.16. The molecule has 0 bridgehead atoms. The number of benzene rings is 10. The van der Waals surface area contributed by atoms with E-state index in [2.05, 4.69) is 188 Å². The molecule has 1 aromatic heterocycles. The molecule has 0 unspecified atom stereocenters. The van der Waals surface area contributed by atoms with Gasteiger partial charge >= 0.3 is 0 Å². The first-order chi connectivity index (χ1) is 26.8. The molecule has 0 fully saturated rings. The van der Waals surface area contributed by atoms with Crippen molar-refractivity contribution < 1.29 is 0 Å². The predicted molar refractivity (Wildman–Crippen MR) is 227 cm³/mol. The van der Waals surface area contributed by atoms with Gasteiger partial charge in [-0.3, -0.25) is 0 Å². The van der Waals surface area contributed by atoms with Gasteiger partial charge in [-0.25, -0.2) is 15.0 Å². The van der Waals surface area contributed by atoms with Gasteiger partial charge in [0.25, 0.3) is 0 Å². The zero-order valence-corrected chi connectivity index (χ0v) is 29.2. The van der Waals surface area contributed by atoms with Crippen LogP contribution in [0.25, 0.3) is 110 Å². The van der Waals surface area contributed by atoms with E-state index in [-0.39, 0.29) is 0 Å². The van der Waals surface area contributed by atoms with E-state index in [4.69, 9.17) is 15.0 Å². The molecule has 11 rings (SSSR count). The van der Waals surface area contributed by atoms with Crippen molar-refractivity contribution in [1.29, 1.82) is 0 Å². The molecule has 250 valence electrons. The Bertz CT molecular complexity index is 3160. The highest BCUT2D eigenvalue weighted by atomic mass is 15.0. The molecule has 0 radical (unpaired) electrons. The Hall–Kier alpha value is -7.23. The third-order valence-electron chi connectivity index (χ3n) is 10.9. The molecule has 3 heteroatoms. The fraction of sp³-hybridized carbons (Fsp3) is 0. The summed E-state index contributed by atoms with van der Waals surface area (Å²) >= 11 is 0. The first-order valence-electron chi connectivity index (χ1n) is 18.4. The molecule has 0 saturated carbocycles. The highest BCUT2D eigenvalue weighted by molar-refractivity contribution is 6.33. The molecule has 10 aromatic carbocycles. The van der Waals surface area contributed by atoms with Crippen LogP contribution in [0.15, 0.2) is 188 Å². The maximum Gasteiger partial charge on any atom is 0.164 e. The van der Waals surface area contributed by atoms with Gasteiger partial charge in [0, 0.05) is 16.7 Å². The average molecular weight is 686 g/mol. The van der Waals surface area contributed by atoms with Crippen molar-refractivity contribution in [3.63, 3.8) is 0 Å². The summed E-state index contributed by atoms with van der Waals surface area (Å²) in [5.74, 6) is 1.95. The number of hydrogen-bond donors (Lipinski definition) is 0. The van der Waals surface area contributed by atoms with Crippen molar-refractivity contribution in [2.45, 2.75) is 0 Å². The number of hydrogen-bond acceptors (Lipinski definition) is 3. The Labute approximate surface area is 311 Å².